The average molecular weight is 584 g/mol. The topological polar surface area (TPSA) is 211 Å². The lowest BCUT2D eigenvalue weighted by molar-refractivity contribution is -0.386. The molecule has 0 unspecified atom stereocenters. The maximum atomic E-state index is 13.0. The van der Waals surface area contributed by atoms with Crippen LogP contribution in [0.4, 0.5) is 11.4 Å². The molecule has 0 saturated carbocycles. The molecular weight excluding hydrogens is 554 g/mol. The molecule has 0 atom stereocenters. The Balaban J connectivity index is 2.32. The zero-order chi connectivity index (χ0) is 29.7. The van der Waals surface area contributed by atoms with Gasteiger partial charge < -0.3 is 5.21 Å². The molecule has 0 aromatic heterocycles. The van der Waals surface area contributed by atoms with E-state index in [0.29, 0.717) is 0 Å². The van der Waals surface area contributed by atoms with Crippen molar-refractivity contribution >= 4 is 37.1 Å². The molecule has 16 heteroatoms. The predicted molar refractivity (Wildman–Crippen MR) is 142 cm³/mol. The molecule has 1 aliphatic rings. The number of rotatable bonds is 8. The van der Waals surface area contributed by atoms with Crippen LogP contribution in [-0.2, 0) is 20.0 Å². The Hall–Kier alpha value is -3.47. The summed E-state index contributed by atoms with van der Waals surface area (Å²) in [5.41, 5.74) is -4.27. The number of sulfonamides is 2. The van der Waals surface area contributed by atoms with Gasteiger partial charge in [0.05, 0.1) is 30.8 Å². The fourth-order valence-corrected chi connectivity index (χ4v) is 6.40. The third kappa shape index (κ3) is 6.24. The highest BCUT2D eigenvalue weighted by Gasteiger charge is 2.41. The van der Waals surface area contributed by atoms with E-state index in [1.807, 2.05) is 0 Å². The van der Waals surface area contributed by atoms with Crippen LogP contribution in [0, 0.1) is 31.1 Å². The van der Waals surface area contributed by atoms with Crippen molar-refractivity contribution in [3.8, 4) is 11.1 Å². The lowest BCUT2D eigenvalue weighted by Gasteiger charge is -2.19. The van der Waals surface area contributed by atoms with E-state index in [4.69, 9.17) is 0 Å². The van der Waals surface area contributed by atoms with E-state index in [2.05, 4.69) is 14.6 Å². The van der Waals surface area contributed by atoms with Crippen LogP contribution in [0.1, 0.15) is 52.7 Å². The monoisotopic (exact) mass is 583 g/mol. The van der Waals surface area contributed by atoms with Crippen molar-refractivity contribution in [2.45, 2.75) is 51.3 Å². The van der Waals surface area contributed by atoms with E-state index in [9.17, 15) is 42.3 Å². The minimum atomic E-state index is -4.30. The molecule has 3 N–H and O–H groups in total. The molecule has 39 heavy (non-hydrogen) atoms. The molecule has 0 radical (unpaired) electrons. The highest BCUT2D eigenvalue weighted by molar-refractivity contribution is 7.89. The molecule has 0 amide bonds. The fourth-order valence-electron chi connectivity index (χ4n) is 3.74. The number of nitrogens with one attached hydrogen (secondary N) is 2. The predicted octanol–water partition coefficient (Wildman–Crippen LogP) is 3.36. The number of oxime groups is 1. The van der Waals surface area contributed by atoms with Gasteiger partial charge in [-0.2, -0.15) is 0 Å². The summed E-state index contributed by atoms with van der Waals surface area (Å²) in [7, 11) is -8.60. The van der Waals surface area contributed by atoms with Gasteiger partial charge in [-0.3, -0.25) is 20.2 Å². The Labute approximate surface area is 225 Å². The standard InChI is InChI=1S/C23H29N5O9S2/c1-22(2,3)11-24-38(34,35)13-7-15-19(17(9-13)27(30)31)20-16(21(15)26-29)8-14(10-18(20)28(32)33)39(36,37)25-12-23(4,5)6/h7-10,24-25,29H,11-12H2,1-6H3. The summed E-state index contributed by atoms with van der Waals surface area (Å²) in [5.74, 6) is 0. The van der Waals surface area contributed by atoms with Crippen molar-refractivity contribution in [3.05, 3.63) is 55.6 Å². The maximum absolute atomic E-state index is 13.0. The average Bonchev–Trinajstić information content (AvgIpc) is 3.12. The van der Waals surface area contributed by atoms with Crippen LogP contribution in [0.15, 0.2) is 39.2 Å². The van der Waals surface area contributed by atoms with Gasteiger partial charge in [-0.15, -0.1) is 0 Å². The van der Waals surface area contributed by atoms with Crippen molar-refractivity contribution in [1.82, 2.24) is 9.44 Å². The fraction of sp³-hybridized carbons (Fsp3) is 0.435. The number of nitro benzene ring substituents is 2. The molecule has 0 aliphatic heterocycles. The van der Waals surface area contributed by atoms with Crippen LogP contribution < -0.4 is 9.44 Å². The molecule has 3 rings (SSSR count). The van der Waals surface area contributed by atoms with Gasteiger partial charge >= 0.3 is 0 Å². The summed E-state index contributed by atoms with van der Waals surface area (Å²) < 4.78 is 56.7. The van der Waals surface area contributed by atoms with Gasteiger partial charge in [0.15, 0.2) is 0 Å². The Bertz CT molecular complexity index is 1500. The first kappa shape index (κ1) is 30.1. The summed E-state index contributed by atoms with van der Waals surface area (Å²) in [6, 6.07) is 3.51. The SMILES string of the molecule is CC(C)(C)CNS(=O)(=O)c1cc2c(c([N+](=O)[O-])c1)-c1c(cc(S(=O)(=O)NCC(C)(C)C)cc1[N+](=O)[O-])C2=NO. The Morgan fingerprint density at radius 2 is 1.08 bits per heavy atom. The summed E-state index contributed by atoms with van der Waals surface area (Å²) in [4.78, 5) is 21.2. The van der Waals surface area contributed by atoms with E-state index < -0.39 is 67.6 Å². The van der Waals surface area contributed by atoms with Gasteiger partial charge in [0.1, 0.15) is 5.71 Å². The first-order valence-corrected chi connectivity index (χ1v) is 14.5. The summed E-state index contributed by atoms with van der Waals surface area (Å²) in [6.07, 6.45) is 0. The van der Waals surface area contributed by atoms with Gasteiger partial charge in [0.2, 0.25) is 20.0 Å². The summed E-state index contributed by atoms with van der Waals surface area (Å²) >= 11 is 0. The zero-order valence-corrected chi connectivity index (χ0v) is 23.7. The van der Waals surface area contributed by atoms with E-state index >= 15 is 0 Å². The Kier molecular flexibility index (Phi) is 7.66. The zero-order valence-electron chi connectivity index (χ0n) is 22.1. The van der Waals surface area contributed by atoms with Gasteiger partial charge in [0, 0.05) is 36.3 Å². The van der Waals surface area contributed by atoms with Gasteiger partial charge in [-0.1, -0.05) is 46.7 Å². The molecule has 2 aromatic carbocycles. The second-order valence-electron chi connectivity index (χ2n) is 11.5. The molecule has 0 bridgehead atoms. The quantitative estimate of drug-likeness (QED) is 0.201. The van der Waals surface area contributed by atoms with Crippen molar-refractivity contribution in [2.75, 3.05) is 13.1 Å². The van der Waals surface area contributed by atoms with Crippen LogP contribution in [0.25, 0.3) is 11.1 Å². The van der Waals surface area contributed by atoms with Crippen LogP contribution in [-0.4, -0.2) is 50.7 Å². The van der Waals surface area contributed by atoms with Crippen LogP contribution in [0.5, 0.6) is 0 Å². The Morgan fingerprint density at radius 1 is 0.744 bits per heavy atom. The molecule has 0 heterocycles. The molecule has 2 aromatic rings. The summed E-state index contributed by atoms with van der Waals surface area (Å²) in [6.45, 7) is 10.6. The molecule has 0 saturated heterocycles. The highest BCUT2D eigenvalue weighted by Crippen LogP contribution is 2.49. The number of hydrogen-bond donors (Lipinski definition) is 3. The Morgan fingerprint density at radius 3 is 1.33 bits per heavy atom. The van der Waals surface area contributed by atoms with Crippen molar-refractivity contribution in [2.24, 2.45) is 16.0 Å². The molecule has 212 valence electrons. The van der Waals surface area contributed by atoms with Gasteiger partial charge in [-0.05, 0) is 23.0 Å². The number of hydrogen-bond acceptors (Lipinski definition) is 10. The molecule has 0 fully saturated rings. The van der Waals surface area contributed by atoms with E-state index in [1.54, 1.807) is 41.5 Å². The molecular formula is C23H29N5O9S2. The minimum Gasteiger partial charge on any atom is -0.410 e. The van der Waals surface area contributed by atoms with E-state index in [0.717, 1.165) is 24.3 Å². The lowest BCUT2D eigenvalue weighted by atomic mass is 9.98. The number of nitrogens with zero attached hydrogens (tertiary/aromatic N) is 3. The molecule has 0 spiro atoms. The number of nitro groups is 2. The normalized spacial score (nSPS) is 13.6. The highest BCUT2D eigenvalue weighted by atomic mass is 32.2. The number of benzene rings is 2. The van der Waals surface area contributed by atoms with E-state index in [1.165, 1.54) is 0 Å². The first-order chi connectivity index (χ1) is 17.7. The third-order valence-electron chi connectivity index (χ3n) is 5.64. The van der Waals surface area contributed by atoms with Crippen LogP contribution in [0.3, 0.4) is 0 Å². The van der Waals surface area contributed by atoms with Gasteiger partial charge in [0.25, 0.3) is 11.4 Å². The van der Waals surface area contributed by atoms with Crippen LogP contribution in [0.2, 0.25) is 0 Å². The summed E-state index contributed by atoms with van der Waals surface area (Å²) in [5, 5.41) is 37.1. The second kappa shape index (κ2) is 9.93. The van der Waals surface area contributed by atoms with Gasteiger partial charge in [-0.25, -0.2) is 26.3 Å². The number of fused-ring (bicyclic) bond motifs is 3. The first-order valence-electron chi connectivity index (χ1n) is 11.6. The van der Waals surface area contributed by atoms with Crippen molar-refractivity contribution in [3.63, 3.8) is 0 Å². The van der Waals surface area contributed by atoms with E-state index in [-0.39, 0.29) is 35.3 Å². The molecule has 1 aliphatic carbocycles. The minimum absolute atomic E-state index is 0.00432. The lowest BCUT2D eigenvalue weighted by Crippen LogP contribution is -2.32. The molecule has 14 nitrogen and oxygen atoms in total. The van der Waals surface area contributed by atoms with Crippen LogP contribution >= 0.6 is 0 Å². The smallest absolute Gasteiger partial charge is 0.279 e. The van der Waals surface area contributed by atoms with Crippen molar-refractivity contribution in [1.29, 1.82) is 0 Å². The third-order valence-corrected chi connectivity index (χ3v) is 8.40. The maximum Gasteiger partial charge on any atom is 0.279 e. The largest absolute Gasteiger partial charge is 0.410 e. The van der Waals surface area contributed by atoms with Crippen molar-refractivity contribution < 1.29 is 31.9 Å². The second-order valence-corrected chi connectivity index (χ2v) is 15.0.